The summed E-state index contributed by atoms with van der Waals surface area (Å²) in [6.07, 6.45) is -0.498. The number of Topliss-reactive ketones (excluding diaryl/α,β-unsaturated/α-hetero) is 1. The number of hydrogen-bond donors (Lipinski definition) is 2. The molecule has 0 aliphatic rings. The number of ketones is 1. The summed E-state index contributed by atoms with van der Waals surface area (Å²) >= 11 is 0. The van der Waals surface area contributed by atoms with Gasteiger partial charge in [0.05, 0.1) is 31.9 Å². The van der Waals surface area contributed by atoms with E-state index >= 15 is 0 Å². The van der Waals surface area contributed by atoms with Crippen LogP contribution in [-0.4, -0.2) is 43.8 Å². The lowest BCUT2D eigenvalue weighted by atomic mass is 10.0. The summed E-state index contributed by atoms with van der Waals surface area (Å²) in [5, 5.41) is 12.2. The van der Waals surface area contributed by atoms with Crippen molar-refractivity contribution >= 4 is 5.78 Å². The van der Waals surface area contributed by atoms with Crippen LogP contribution in [0.3, 0.4) is 0 Å². The monoisotopic (exact) mass is 267 g/mol. The van der Waals surface area contributed by atoms with E-state index < -0.39 is 12.1 Å². The zero-order valence-corrected chi connectivity index (χ0v) is 11.8. The van der Waals surface area contributed by atoms with Gasteiger partial charge in [-0.3, -0.25) is 4.79 Å². The lowest BCUT2D eigenvalue weighted by molar-refractivity contribution is 0.0937. The van der Waals surface area contributed by atoms with Gasteiger partial charge < -0.3 is 19.9 Å². The smallest absolute Gasteiger partial charge is 0.183 e. The Kier molecular flexibility index (Phi) is 5.79. The van der Waals surface area contributed by atoms with Gasteiger partial charge in [0, 0.05) is 6.54 Å². The molecule has 0 heterocycles. The standard InChI is InChI=1S/C14H21NO4/c1-9(16)8-15-10(2)14(17)12-7-11(18-3)5-6-13(12)19-4/h5-7,9-10,15-16H,8H2,1-4H3. The SMILES string of the molecule is COc1ccc(OC)c(C(=O)C(C)NCC(C)O)c1. The van der Waals surface area contributed by atoms with E-state index in [2.05, 4.69) is 5.32 Å². The molecule has 0 aromatic heterocycles. The van der Waals surface area contributed by atoms with Crippen molar-refractivity contribution in [3.05, 3.63) is 23.8 Å². The van der Waals surface area contributed by atoms with Gasteiger partial charge in [-0.15, -0.1) is 0 Å². The van der Waals surface area contributed by atoms with E-state index in [4.69, 9.17) is 9.47 Å². The highest BCUT2D eigenvalue weighted by atomic mass is 16.5. The molecule has 2 N–H and O–H groups in total. The molecule has 5 nitrogen and oxygen atoms in total. The average Bonchev–Trinajstić information content (AvgIpc) is 2.42. The molecular formula is C14H21NO4. The zero-order chi connectivity index (χ0) is 14.4. The molecule has 0 aliphatic heterocycles. The molecule has 0 aliphatic carbocycles. The van der Waals surface area contributed by atoms with Crippen LogP contribution in [0.25, 0.3) is 0 Å². The van der Waals surface area contributed by atoms with Gasteiger partial charge in [0.1, 0.15) is 11.5 Å². The molecule has 0 saturated carbocycles. The van der Waals surface area contributed by atoms with Gasteiger partial charge in [-0.25, -0.2) is 0 Å². The Morgan fingerprint density at radius 3 is 2.53 bits per heavy atom. The minimum atomic E-state index is -0.498. The van der Waals surface area contributed by atoms with Gasteiger partial charge >= 0.3 is 0 Å². The van der Waals surface area contributed by atoms with Gasteiger partial charge in [-0.05, 0) is 32.0 Å². The first-order valence-electron chi connectivity index (χ1n) is 6.17. The first-order valence-corrected chi connectivity index (χ1v) is 6.17. The van der Waals surface area contributed by atoms with E-state index in [1.165, 1.54) is 7.11 Å². The molecule has 0 bridgehead atoms. The molecule has 0 radical (unpaired) electrons. The van der Waals surface area contributed by atoms with Gasteiger partial charge in [0.25, 0.3) is 0 Å². The van der Waals surface area contributed by atoms with E-state index in [1.54, 1.807) is 39.2 Å². The Balaban J connectivity index is 2.90. The largest absolute Gasteiger partial charge is 0.497 e. The van der Waals surface area contributed by atoms with Crippen LogP contribution in [0.1, 0.15) is 24.2 Å². The average molecular weight is 267 g/mol. The van der Waals surface area contributed by atoms with Crippen LogP contribution in [0.5, 0.6) is 11.5 Å². The first kappa shape index (κ1) is 15.5. The fourth-order valence-corrected chi connectivity index (χ4v) is 1.68. The van der Waals surface area contributed by atoms with Crippen LogP contribution in [0.4, 0.5) is 0 Å². The van der Waals surface area contributed by atoms with Gasteiger partial charge in [0.15, 0.2) is 5.78 Å². The quantitative estimate of drug-likeness (QED) is 0.728. The highest BCUT2D eigenvalue weighted by molar-refractivity contribution is 6.02. The summed E-state index contributed by atoms with van der Waals surface area (Å²) in [4.78, 5) is 12.3. The number of aliphatic hydroxyl groups excluding tert-OH is 1. The minimum absolute atomic E-state index is 0.101. The molecule has 0 saturated heterocycles. The molecule has 2 atom stereocenters. The number of aliphatic hydroxyl groups is 1. The number of ether oxygens (including phenoxy) is 2. The van der Waals surface area contributed by atoms with Crippen molar-refractivity contribution in [1.29, 1.82) is 0 Å². The van der Waals surface area contributed by atoms with E-state index in [-0.39, 0.29) is 5.78 Å². The summed E-state index contributed by atoms with van der Waals surface area (Å²) in [7, 11) is 3.07. The van der Waals surface area contributed by atoms with Crippen molar-refractivity contribution in [3.8, 4) is 11.5 Å². The summed E-state index contributed by atoms with van der Waals surface area (Å²) in [6, 6.07) is 4.69. The first-order chi connectivity index (χ1) is 8.99. The molecule has 5 heteroatoms. The molecule has 0 spiro atoms. The van der Waals surface area contributed by atoms with Crippen molar-refractivity contribution in [3.63, 3.8) is 0 Å². The van der Waals surface area contributed by atoms with Crippen LogP contribution in [0.15, 0.2) is 18.2 Å². The second kappa shape index (κ2) is 7.11. The molecule has 0 amide bonds. The van der Waals surface area contributed by atoms with Crippen LogP contribution >= 0.6 is 0 Å². The van der Waals surface area contributed by atoms with Crippen molar-refractivity contribution in [2.75, 3.05) is 20.8 Å². The van der Waals surface area contributed by atoms with Gasteiger partial charge in [-0.2, -0.15) is 0 Å². The summed E-state index contributed by atoms with van der Waals surface area (Å²) in [6.45, 7) is 3.78. The highest BCUT2D eigenvalue weighted by Gasteiger charge is 2.19. The Morgan fingerprint density at radius 2 is 2.00 bits per heavy atom. The van der Waals surface area contributed by atoms with Gasteiger partial charge in [0.2, 0.25) is 0 Å². The van der Waals surface area contributed by atoms with Gasteiger partial charge in [-0.1, -0.05) is 0 Å². The fraction of sp³-hybridized carbons (Fsp3) is 0.500. The second-order valence-corrected chi connectivity index (χ2v) is 4.41. The van der Waals surface area contributed by atoms with Crippen LogP contribution < -0.4 is 14.8 Å². The summed E-state index contributed by atoms with van der Waals surface area (Å²) in [5.74, 6) is 1.01. The third-order valence-corrected chi connectivity index (χ3v) is 2.78. The number of hydrogen-bond acceptors (Lipinski definition) is 5. The number of benzene rings is 1. The van der Waals surface area contributed by atoms with E-state index in [0.717, 1.165) is 0 Å². The number of nitrogens with one attached hydrogen (secondary N) is 1. The zero-order valence-electron chi connectivity index (χ0n) is 11.8. The molecule has 19 heavy (non-hydrogen) atoms. The number of carbonyl (C=O) groups is 1. The Hall–Kier alpha value is -1.59. The Labute approximate surface area is 113 Å². The summed E-state index contributed by atoms with van der Waals surface area (Å²) < 4.78 is 10.3. The maximum atomic E-state index is 12.3. The molecule has 2 unspecified atom stereocenters. The number of carbonyl (C=O) groups excluding carboxylic acids is 1. The van der Waals surface area contributed by atoms with E-state index in [9.17, 15) is 9.90 Å². The molecule has 1 aromatic rings. The molecule has 0 fully saturated rings. The number of methoxy groups -OCH3 is 2. The molecular weight excluding hydrogens is 246 g/mol. The minimum Gasteiger partial charge on any atom is -0.497 e. The second-order valence-electron chi connectivity index (χ2n) is 4.41. The fourth-order valence-electron chi connectivity index (χ4n) is 1.68. The van der Waals surface area contributed by atoms with Crippen LogP contribution in [-0.2, 0) is 0 Å². The molecule has 106 valence electrons. The lowest BCUT2D eigenvalue weighted by Gasteiger charge is -2.16. The van der Waals surface area contributed by atoms with Crippen molar-refractivity contribution in [2.24, 2.45) is 0 Å². The predicted molar refractivity (Wildman–Crippen MR) is 73.0 cm³/mol. The Morgan fingerprint density at radius 1 is 1.32 bits per heavy atom. The lowest BCUT2D eigenvalue weighted by Crippen LogP contribution is -2.38. The maximum Gasteiger partial charge on any atom is 0.183 e. The van der Waals surface area contributed by atoms with Crippen molar-refractivity contribution in [2.45, 2.75) is 26.0 Å². The predicted octanol–water partition coefficient (Wildman–Crippen LogP) is 1.25. The van der Waals surface area contributed by atoms with Crippen molar-refractivity contribution < 1.29 is 19.4 Å². The third kappa shape index (κ3) is 4.22. The normalized spacial score (nSPS) is 13.7. The highest BCUT2D eigenvalue weighted by Crippen LogP contribution is 2.25. The topological polar surface area (TPSA) is 67.8 Å². The summed E-state index contributed by atoms with van der Waals surface area (Å²) in [5.41, 5.74) is 0.465. The molecule has 1 rings (SSSR count). The molecule has 1 aromatic carbocycles. The van der Waals surface area contributed by atoms with E-state index in [1.807, 2.05) is 0 Å². The third-order valence-electron chi connectivity index (χ3n) is 2.78. The Bertz CT molecular complexity index is 431. The maximum absolute atomic E-state index is 12.3. The number of rotatable bonds is 7. The van der Waals surface area contributed by atoms with Crippen LogP contribution in [0.2, 0.25) is 0 Å². The van der Waals surface area contributed by atoms with Crippen molar-refractivity contribution in [1.82, 2.24) is 5.32 Å². The van der Waals surface area contributed by atoms with E-state index in [0.29, 0.717) is 23.6 Å². The van der Waals surface area contributed by atoms with Crippen LogP contribution in [0, 0.1) is 0 Å².